The largest absolute Gasteiger partial charge is 0.477 e. The first-order chi connectivity index (χ1) is 7.99. The minimum atomic E-state index is -0.871. The Balaban J connectivity index is 2.26. The molecule has 1 aliphatic rings. The maximum atomic E-state index is 11.0. The Kier molecular flexibility index (Phi) is 3.38. The lowest BCUT2D eigenvalue weighted by Gasteiger charge is -2.36. The SMILES string of the molecule is Cc1nc(N2CC(C)CCC2C)sc1C(=O)O. The second-order valence-electron chi connectivity index (χ2n) is 4.90. The lowest BCUT2D eigenvalue weighted by Crippen LogP contribution is -2.41. The van der Waals surface area contributed by atoms with Gasteiger partial charge in [-0.05, 0) is 32.6 Å². The monoisotopic (exact) mass is 254 g/mol. The minimum absolute atomic E-state index is 0.366. The third-order valence-electron chi connectivity index (χ3n) is 3.34. The number of aromatic carboxylic acids is 1. The van der Waals surface area contributed by atoms with Crippen molar-refractivity contribution in [1.29, 1.82) is 0 Å². The van der Waals surface area contributed by atoms with Gasteiger partial charge in [0.25, 0.3) is 0 Å². The molecule has 1 fully saturated rings. The molecular weight excluding hydrogens is 236 g/mol. The highest BCUT2D eigenvalue weighted by Gasteiger charge is 2.26. The lowest BCUT2D eigenvalue weighted by molar-refractivity contribution is 0.0701. The summed E-state index contributed by atoms with van der Waals surface area (Å²) in [5, 5.41) is 9.91. The van der Waals surface area contributed by atoms with Crippen LogP contribution in [0.15, 0.2) is 0 Å². The molecule has 1 aliphatic heterocycles. The first kappa shape index (κ1) is 12.4. The van der Waals surface area contributed by atoms with E-state index in [0.29, 0.717) is 22.5 Å². The zero-order chi connectivity index (χ0) is 12.6. The summed E-state index contributed by atoms with van der Waals surface area (Å²) in [6.45, 7) is 7.16. The van der Waals surface area contributed by atoms with Crippen molar-refractivity contribution in [3.8, 4) is 0 Å². The number of aryl methyl sites for hydroxylation is 1. The topological polar surface area (TPSA) is 53.4 Å². The number of carboxylic acid groups (broad SMARTS) is 1. The van der Waals surface area contributed by atoms with E-state index in [-0.39, 0.29) is 0 Å². The van der Waals surface area contributed by atoms with Gasteiger partial charge in [-0.25, -0.2) is 9.78 Å². The number of hydrogen-bond acceptors (Lipinski definition) is 4. The van der Waals surface area contributed by atoms with Gasteiger partial charge in [-0.2, -0.15) is 0 Å². The second kappa shape index (κ2) is 4.64. The van der Waals surface area contributed by atoms with Crippen LogP contribution >= 0.6 is 11.3 Å². The Morgan fingerprint density at radius 1 is 1.47 bits per heavy atom. The van der Waals surface area contributed by atoms with E-state index in [1.165, 1.54) is 17.8 Å². The zero-order valence-corrected chi connectivity index (χ0v) is 11.3. The second-order valence-corrected chi connectivity index (χ2v) is 5.88. The highest BCUT2D eigenvalue weighted by atomic mass is 32.1. The first-order valence-electron chi connectivity index (χ1n) is 5.96. The van der Waals surface area contributed by atoms with Crippen LogP contribution in [0.5, 0.6) is 0 Å². The molecule has 2 unspecified atom stereocenters. The van der Waals surface area contributed by atoms with Crippen molar-refractivity contribution in [2.45, 2.75) is 39.7 Å². The molecule has 17 heavy (non-hydrogen) atoms. The van der Waals surface area contributed by atoms with Crippen molar-refractivity contribution in [1.82, 2.24) is 4.98 Å². The van der Waals surface area contributed by atoms with Gasteiger partial charge in [0.05, 0.1) is 5.69 Å². The summed E-state index contributed by atoms with van der Waals surface area (Å²) in [4.78, 5) is 18.0. The van der Waals surface area contributed by atoms with Crippen molar-refractivity contribution in [3.05, 3.63) is 10.6 Å². The van der Waals surface area contributed by atoms with E-state index in [9.17, 15) is 4.79 Å². The molecule has 94 valence electrons. The van der Waals surface area contributed by atoms with Crippen molar-refractivity contribution in [2.24, 2.45) is 5.92 Å². The molecule has 2 heterocycles. The third kappa shape index (κ3) is 2.44. The zero-order valence-electron chi connectivity index (χ0n) is 10.4. The van der Waals surface area contributed by atoms with Crippen LogP contribution in [0.3, 0.4) is 0 Å². The molecule has 0 bridgehead atoms. The summed E-state index contributed by atoms with van der Waals surface area (Å²) < 4.78 is 0. The molecule has 4 nitrogen and oxygen atoms in total. The number of aromatic nitrogens is 1. The molecule has 1 saturated heterocycles. The molecule has 0 radical (unpaired) electrons. The fourth-order valence-corrected chi connectivity index (χ4v) is 3.28. The Bertz CT molecular complexity index is 430. The van der Waals surface area contributed by atoms with Gasteiger partial charge >= 0.3 is 5.97 Å². The Labute approximate surface area is 105 Å². The molecule has 2 atom stereocenters. The van der Waals surface area contributed by atoms with E-state index < -0.39 is 5.97 Å². The number of carbonyl (C=O) groups is 1. The maximum absolute atomic E-state index is 11.0. The van der Waals surface area contributed by atoms with Gasteiger partial charge in [-0.15, -0.1) is 0 Å². The van der Waals surface area contributed by atoms with Gasteiger partial charge in [0.1, 0.15) is 4.88 Å². The van der Waals surface area contributed by atoms with Gasteiger partial charge in [-0.1, -0.05) is 18.3 Å². The maximum Gasteiger partial charge on any atom is 0.347 e. The van der Waals surface area contributed by atoms with E-state index >= 15 is 0 Å². The predicted molar refractivity (Wildman–Crippen MR) is 69.0 cm³/mol. The van der Waals surface area contributed by atoms with Crippen LogP contribution in [-0.4, -0.2) is 28.6 Å². The number of rotatable bonds is 2. The van der Waals surface area contributed by atoms with E-state index in [2.05, 4.69) is 23.7 Å². The van der Waals surface area contributed by atoms with Gasteiger partial charge in [0, 0.05) is 12.6 Å². The number of piperidine rings is 1. The molecular formula is C12H18N2O2S. The molecule has 0 aliphatic carbocycles. The normalized spacial score (nSPS) is 25.0. The summed E-state index contributed by atoms with van der Waals surface area (Å²) in [7, 11) is 0. The van der Waals surface area contributed by atoms with Crippen LogP contribution in [0.25, 0.3) is 0 Å². The minimum Gasteiger partial charge on any atom is -0.477 e. The third-order valence-corrected chi connectivity index (χ3v) is 4.53. The highest BCUT2D eigenvalue weighted by Crippen LogP contribution is 2.32. The Morgan fingerprint density at radius 2 is 2.18 bits per heavy atom. The van der Waals surface area contributed by atoms with Crippen molar-refractivity contribution >= 4 is 22.4 Å². The fraction of sp³-hybridized carbons (Fsp3) is 0.667. The number of hydrogen-bond donors (Lipinski definition) is 1. The Hall–Kier alpha value is -1.10. The van der Waals surface area contributed by atoms with Gasteiger partial charge < -0.3 is 10.0 Å². The van der Waals surface area contributed by atoms with Gasteiger partial charge in [0.15, 0.2) is 5.13 Å². The summed E-state index contributed by atoms with van der Waals surface area (Å²) in [6, 6.07) is 0.457. The van der Waals surface area contributed by atoms with Crippen LogP contribution in [0, 0.1) is 12.8 Å². The molecule has 0 amide bonds. The van der Waals surface area contributed by atoms with Crippen molar-refractivity contribution in [2.75, 3.05) is 11.4 Å². The number of thiazole rings is 1. The first-order valence-corrected chi connectivity index (χ1v) is 6.78. The highest BCUT2D eigenvalue weighted by molar-refractivity contribution is 7.17. The average Bonchev–Trinajstić information content (AvgIpc) is 2.64. The van der Waals surface area contributed by atoms with Gasteiger partial charge in [-0.3, -0.25) is 0 Å². The summed E-state index contributed by atoms with van der Waals surface area (Å²) in [6.07, 6.45) is 2.40. The average molecular weight is 254 g/mol. The van der Waals surface area contributed by atoms with E-state index in [1.54, 1.807) is 6.92 Å². The predicted octanol–water partition coefficient (Wildman–Crippen LogP) is 2.77. The molecule has 1 aromatic rings. The van der Waals surface area contributed by atoms with Crippen molar-refractivity contribution in [3.63, 3.8) is 0 Å². The van der Waals surface area contributed by atoms with Crippen molar-refractivity contribution < 1.29 is 9.90 Å². The Morgan fingerprint density at radius 3 is 2.76 bits per heavy atom. The summed E-state index contributed by atoms with van der Waals surface area (Å²) in [5.74, 6) is -0.215. The van der Waals surface area contributed by atoms with E-state index in [0.717, 1.165) is 18.1 Å². The van der Waals surface area contributed by atoms with Crippen LogP contribution in [0.4, 0.5) is 5.13 Å². The fourth-order valence-electron chi connectivity index (χ4n) is 2.26. The van der Waals surface area contributed by atoms with Crippen LogP contribution in [0.2, 0.25) is 0 Å². The number of nitrogens with zero attached hydrogens (tertiary/aromatic N) is 2. The van der Waals surface area contributed by atoms with Crippen LogP contribution < -0.4 is 4.90 Å². The molecule has 2 rings (SSSR count). The number of anilines is 1. The van der Waals surface area contributed by atoms with Gasteiger partial charge in [0.2, 0.25) is 0 Å². The standard InChI is InChI=1S/C12H18N2O2S/c1-7-4-5-8(2)14(6-7)12-13-9(3)10(17-12)11(15)16/h7-8H,4-6H2,1-3H3,(H,15,16). The quantitative estimate of drug-likeness (QED) is 0.881. The van der Waals surface area contributed by atoms with E-state index in [4.69, 9.17) is 5.11 Å². The summed E-state index contributed by atoms with van der Waals surface area (Å²) in [5.41, 5.74) is 0.628. The molecule has 0 saturated carbocycles. The molecule has 0 aromatic carbocycles. The summed E-state index contributed by atoms with van der Waals surface area (Å²) >= 11 is 1.30. The van der Waals surface area contributed by atoms with Crippen LogP contribution in [-0.2, 0) is 0 Å². The smallest absolute Gasteiger partial charge is 0.347 e. The van der Waals surface area contributed by atoms with E-state index in [1.807, 2.05) is 0 Å². The van der Waals surface area contributed by atoms with Crippen LogP contribution in [0.1, 0.15) is 42.1 Å². The lowest BCUT2D eigenvalue weighted by atomic mass is 9.96. The molecule has 1 N–H and O–H groups in total. The molecule has 1 aromatic heterocycles. The molecule has 0 spiro atoms. The number of carboxylic acids is 1. The molecule has 5 heteroatoms.